The Bertz CT molecular complexity index is 325. The molecule has 1 atom stereocenters. The summed E-state index contributed by atoms with van der Waals surface area (Å²) in [6, 6.07) is 0. The van der Waals surface area contributed by atoms with Gasteiger partial charge in [0.15, 0.2) is 0 Å². The van der Waals surface area contributed by atoms with Crippen LogP contribution in [0, 0.1) is 0 Å². The predicted octanol–water partition coefficient (Wildman–Crippen LogP) is 1.53. The van der Waals surface area contributed by atoms with Gasteiger partial charge in [-0.2, -0.15) is 5.10 Å². The molecule has 0 saturated heterocycles. The van der Waals surface area contributed by atoms with Crippen molar-refractivity contribution in [1.82, 2.24) is 9.78 Å². The second-order valence-corrected chi connectivity index (χ2v) is 5.33. The Hall–Kier alpha value is -0.680. The first-order chi connectivity index (χ1) is 7.74. The number of nitrogens with two attached hydrogens (primary N) is 1. The number of hydrogen-bond donors (Lipinski definition) is 1. The van der Waals surface area contributed by atoms with Crippen molar-refractivity contribution < 1.29 is 4.21 Å². The van der Waals surface area contributed by atoms with Crippen LogP contribution in [0.2, 0.25) is 0 Å². The van der Waals surface area contributed by atoms with Gasteiger partial charge in [0.1, 0.15) is 0 Å². The van der Waals surface area contributed by atoms with E-state index in [1.165, 1.54) is 19.3 Å². The van der Waals surface area contributed by atoms with Crippen LogP contribution in [0.3, 0.4) is 0 Å². The predicted molar refractivity (Wildman–Crippen MR) is 66.7 cm³/mol. The number of aromatic nitrogens is 2. The summed E-state index contributed by atoms with van der Waals surface area (Å²) >= 11 is 0. The normalized spacial score (nSPS) is 12.9. The maximum atomic E-state index is 11.2. The fraction of sp³-hybridized carbons (Fsp3) is 0.727. The van der Waals surface area contributed by atoms with Gasteiger partial charge in [-0.1, -0.05) is 19.3 Å². The standard InChI is InChI=1S/C11H21N3OS/c1-16(15)11-9-13-14(10-11)8-6-4-2-3-5-7-12/h9-10H,2-8,12H2,1H3. The molecule has 0 aliphatic heterocycles. The van der Waals surface area contributed by atoms with Crippen LogP contribution in [0.4, 0.5) is 0 Å². The van der Waals surface area contributed by atoms with Gasteiger partial charge in [0.2, 0.25) is 0 Å². The molecule has 0 amide bonds. The molecule has 0 radical (unpaired) electrons. The molecule has 16 heavy (non-hydrogen) atoms. The van der Waals surface area contributed by atoms with E-state index in [-0.39, 0.29) is 0 Å². The fourth-order valence-corrected chi connectivity index (χ4v) is 2.03. The maximum absolute atomic E-state index is 11.2. The third kappa shape index (κ3) is 4.90. The highest BCUT2D eigenvalue weighted by molar-refractivity contribution is 7.84. The minimum Gasteiger partial charge on any atom is -0.330 e. The van der Waals surface area contributed by atoms with E-state index >= 15 is 0 Å². The monoisotopic (exact) mass is 243 g/mol. The lowest BCUT2D eigenvalue weighted by Crippen LogP contribution is -1.99. The maximum Gasteiger partial charge on any atom is 0.0764 e. The van der Waals surface area contributed by atoms with Crippen LogP contribution in [0.1, 0.15) is 32.1 Å². The number of aryl methyl sites for hydroxylation is 1. The highest BCUT2D eigenvalue weighted by atomic mass is 32.2. The van der Waals surface area contributed by atoms with Crippen molar-refractivity contribution in [3.63, 3.8) is 0 Å². The lowest BCUT2D eigenvalue weighted by molar-refractivity contribution is 0.529. The lowest BCUT2D eigenvalue weighted by Gasteiger charge is -2.01. The molecule has 0 saturated carbocycles. The van der Waals surface area contributed by atoms with Gasteiger partial charge in [-0.15, -0.1) is 0 Å². The number of nitrogens with zero attached hydrogens (tertiary/aromatic N) is 2. The van der Waals surface area contributed by atoms with Gasteiger partial charge >= 0.3 is 0 Å². The summed E-state index contributed by atoms with van der Waals surface area (Å²) in [7, 11) is -0.917. The summed E-state index contributed by atoms with van der Waals surface area (Å²) in [5, 5.41) is 4.18. The minimum absolute atomic E-state index is 0.796. The number of unbranched alkanes of at least 4 members (excludes halogenated alkanes) is 4. The van der Waals surface area contributed by atoms with Gasteiger partial charge in [-0.3, -0.25) is 8.89 Å². The first kappa shape index (κ1) is 13.4. The number of hydrogen-bond acceptors (Lipinski definition) is 3. The number of rotatable bonds is 8. The Labute approximate surface area is 99.7 Å². The van der Waals surface area contributed by atoms with Crippen LogP contribution in [0.25, 0.3) is 0 Å². The Morgan fingerprint density at radius 2 is 2.00 bits per heavy atom. The van der Waals surface area contributed by atoms with Crippen LogP contribution in [0.15, 0.2) is 17.3 Å². The third-order valence-corrected chi connectivity index (χ3v) is 3.41. The molecule has 5 heteroatoms. The van der Waals surface area contributed by atoms with Gasteiger partial charge < -0.3 is 5.73 Å². The Morgan fingerprint density at radius 3 is 2.62 bits per heavy atom. The molecule has 0 aliphatic rings. The average molecular weight is 243 g/mol. The van der Waals surface area contributed by atoms with E-state index < -0.39 is 10.8 Å². The van der Waals surface area contributed by atoms with Crippen molar-refractivity contribution in [3.05, 3.63) is 12.4 Å². The largest absolute Gasteiger partial charge is 0.330 e. The zero-order valence-electron chi connectivity index (χ0n) is 9.89. The molecule has 2 N–H and O–H groups in total. The van der Waals surface area contributed by atoms with Crippen LogP contribution < -0.4 is 5.73 Å². The molecule has 4 nitrogen and oxygen atoms in total. The molecule has 92 valence electrons. The Kier molecular flexibility index (Phi) is 6.33. The smallest absolute Gasteiger partial charge is 0.0764 e. The minimum atomic E-state index is -0.917. The summed E-state index contributed by atoms with van der Waals surface area (Å²) in [5.41, 5.74) is 5.42. The zero-order chi connectivity index (χ0) is 11.8. The first-order valence-corrected chi connectivity index (χ1v) is 7.36. The lowest BCUT2D eigenvalue weighted by atomic mass is 10.1. The molecule has 0 aliphatic carbocycles. The van der Waals surface area contributed by atoms with Gasteiger partial charge in [-0.25, -0.2) is 0 Å². The summed E-state index contributed by atoms with van der Waals surface area (Å²) < 4.78 is 13.0. The quantitative estimate of drug-likeness (QED) is 0.704. The molecule has 1 aromatic rings. The molecular weight excluding hydrogens is 222 g/mol. The second-order valence-electron chi connectivity index (χ2n) is 3.95. The van der Waals surface area contributed by atoms with Gasteiger partial charge in [0.05, 0.1) is 21.9 Å². The zero-order valence-corrected chi connectivity index (χ0v) is 10.7. The van der Waals surface area contributed by atoms with Crippen molar-refractivity contribution in [1.29, 1.82) is 0 Å². The molecule has 1 unspecified atom stereocenters. The van der Waals surface area contributed by atoms with Crippen molar-refractivity contribution in [3.8, 4) is 0 Å². The fourth-order valence-electron chi connectivity index (χ4n) is 1.56. The summed E-state index contributed by atoms with van der Waals surface area (Å²) in [6.07, 6.45) is 11.2. The first-order valence-electron chi connectivity index (χ1n) is 5.80. The SMILES string of the molecule is CS(=O)c1cnn(CCCCCCCN)c1. The van der Waals surface area contributed by atoms with Gasteiger partial charge in [-0.05, 0) is 19.4 Å². The van der Waals surface area contributed by atoms with Crippen LogP contribution in [-0.4, -0.2) is 26.8 Å². The van der Waals surface area contributed by atoms with Crippen molar-refractivity contribution in [2.75, 3.05) is 12.8 Å². The van der Waals surface area contributed by atoms with Crippen molar-refractivity contribution in [2.45, 2.75) is 43.5 Å². The highest BCUT2D eigenvalue weighted by Crippen LogP contribution is 2.06. The van der Waals surface area contributed by atoms with Crippen LogP contribution in [0.5, 0.6) is 0 Å². The van der Waals surface area contributed by atoms with E-state index in [0.717, 1.165) is 30.8 Å². The average Bonchev–Trinajstić information content (AvgIpc) is 2.72. The van der Waals surface area contributed by atoms with E-state index in [0.29, 0.717) is 0 Å². The molecule has 0 fully saturated rings. The summed E-state index contributed by atoms with van der Waals surface area (Å²) in [5.74, 6) is 0. The molecular formula is C11H21N3OS. The van der Waals surface area contributed by atoms with Crippen molar-refractivity contribution in [2.24, 2.45) is 5.73 Å². The second kappa shape index (κ2) is 7.57. The molecule has 0 bridgehead atoms. The van der Waals surface area contributed by atoms with Gasteiger partial charge in [0.25, 0.3) is 0 Å². The van der Waals surface area contributed by atoms with E-state index in [4.69, 9.17) is 5.73 Å². The van der Waals surface area contributed by atoms with Crippen molar-refractivity contribution >= 4 is 10.8 Å². The highest BCUT2D eigenvalue weighted by Gasteiger charge is 2.01. The molecule has 1 heterocycles. The molecule has 0 aromatic carbocycles. The summed E-state index contributed by atoms with van der Waals surface area (Å²) in [4.78, 5) is 0.808. The third-order valence-electron chi connectivity index (χ3n) is 2.53. The van der Waals surface area contributed by atoms with E-state index in [9.17, 15) is 4.21 Å². The Morgan fingerprint density at radius 1 is 1.31 bits per heavy atom. The van der Waals surface area contributed by atoms with Crippen LogP contribution >= 0.6 is 0 Å². The summed E-state index contributed by atoms with van der Waals surface area (Å²) in [6.45, 7) is 1.71. The van der Waals surface area contributed by atoms with Crippen LogP contribution in [-0.2, 0) is 17.3 Å². The Balaban J connectivity index is 2.14. The van der Waals surface area contributed by atoms with Gasteiger partial charge in [0, 0.05) is 19.0 Å². The van der Waals surface area contributed by atoms with E-state index in [1.807, 2.05) is 10.9 Å². The van der Waals surface area contributed by atoms with E-state index in [2.05, 4.69) is 5.10 Å². The topological polar surface area (TPSA) is 60.9 Å². The van der Waals surface area contributed by atoms with E-state index in [1.54, 1.807) is 12.5 Å². The molecule has 1 rings (SSSR count). The molecule has 0 spiro atoms. The molecule has 1 aromatic heterocycles.